The van der Waals surface area contributed by atoms with Crippen molar-refractivity contribution >= 4 is 5.69 Å². The number of hydrogen-bond acceptors (Lipinski definition) is 4. The number of aliphatic hydroxyl groups excluding tert-OH is 2. The van der Waals surface area contributed by atoms with Crippen molar-refractivity contribution in [2.45, 2.75) is 25.9 Å². The normalized spacial score (nSPS) is 20.9. The monoisotopic (exact) mass is 260 g/mol. The van der Waals surface area contributed by atoms with Gasteiger partial charge in [-0.15, -0.1) is 0 Å². The minimum absolute atomic E-state index is 0.193. The SMILES string of the molecule is C[C@@H](O)c1ccc(C#N)cc1N1CCCC(CO)C1. The molecule has 2 atom stereocenters. The summed E-state index contributed by atoms with van der Waals surface area (Å²) in [5, 5.41) is 28.2. The second-order valence-electron chi connectivity index (χ2n) is 5.20. The molecule has 0 radical (unpaired) electrons. The van der Waals surface area contributed by atoms with Crippen LogP contribution in [0.3, 0.4) is 0 Å². The van der Waals surface area contributed by atoms with Gasteiger partial charge in [-0.2, -0.15) is 5.26 Å². The molecule has 1 saturated heterocycles. The first kappa shape index (κ1) is 13.9. The molecule has 1 fully saturated rings. The molecule has 1 aliphatic heterocycles. The molecular formula is C15H20N2O2. The number of aliphatic hydroxyl groups is 2. The van der Waals surface area contributed by atoms with E-state index in [4.69, 9.17) is 5.26 Å². The highest BCUT2D eigenvalue weighted by molar-refractivity contribution is 5.58. The van der Waals surface area contributed by atoms with E-state index < -0.39 is 6.10 Å². The quantitative estimate of drug-likeness (QED) is 0.870. The van der Waals surface area contributed by atoms with Crippen molar-refractivity contribution in [2.24, 2.45) is 5.92 Å². The summed E-state index contributed by atoms with van der Waals surface area (Å²) in [6.07, 6.45) is 1.51. The van der Waals surface area contributed by atoms with E-state index in [1.54, 1.807) is 13.0 Å². The van der Waals surface area contributed by atoms with Crippen LogP contribution >= 0.6 is 0 Å². The third kappa shape index (κ3) is 3.06. The first-order chi connectivity index (χ1) is 9.15. The van der Waals surface area contributed by atoms with E-state index in [0.717, 1.165) is 37.2 Å². The first-order valence-electron chi connectivity index (χ1n) is 6.73. The van der Waals surface area contributed by atoms with Gasteiger partial charge in [0.1, 0.15) is 0 Å². The topological polar surface area (TPSA) is 67.5 Å². The summed E-state index contributed by atoms with van der Waals surface area (Å²) < 4.78 is 0. The maximum atomic E-state index is 9.86. The van der Waals surface area contributed by atoms with Gasteiger partial charge in [0.2, 0.25) is 0 Å². The second kappa shape index (κ2) is 6.05. The summed E-state index contributed by atoms with van der Waals surface area (Å²) in [5.41, 5.74) is 2.37. The van der Waals surface area contributed by atoms with Crippen molar-refractivity contribution in [3.63, 3.8) is 0 Å². The lowest BCUT2D eigenvalue weighted by Crippen LogP contribution is -2.37. The molecule has 1 aliphatic rings. The zero-order valence-electron chi connectivity index (χ0n) is 11.2. The Morgan fingerprint density at radius 2 is 2.32 bits per heavy atom. The van der Waals surface area contributed by atoms with Gasteiger partial charge in [-0.1, -0.05) is 6.07 Å². The molecule has 0 bridgehead atoms. The fourth-order valence-electron chi connectivity index (χ4n) is 2.67. The number of rotatable bonds is 3. The molecule has 2 N–H and O–H groups in total. The molecule has 102 valence electrons. The summed E-state index contributed by atoms with van der Waals surface area (Å²) in [5.74, 6) is 0.279. The molecule has 0 amide bonds. The van der Waals surface area contributed by atoms with E-state index >= 15 is 0 Å². The summed E-state index contributed by atoms with van der Waals surface area (Å²) >= 11 is 0. The molecule has 0 aromatic heterocycles. The van der Waals surface area contributed by atoms with Crippen LogP contribution in [0, 0.1) is 17.2 Å². The summed E-state index contributed by atoms with van der Waals surface area (Å²) in [7, 11) is 0. The Balaban J connectivity index is 2.33. The minimum Gasteiger partial charge on any atom is -0.396 e. The Labute approximate surface area is 113 Å². The highest BCUT2D eigenvalue weighted by atomic mass is 16.3. The third-order valence-corrected chi connectivity index (χ3v) is 3.73. The number of piperidine rings is 1. The Kier molecular flexibility index (Phi) is 4.41. The van der Waals surface area contributed by atoms with Crippen LogP contribution in [-0.4, -0.2) is 29.9 Å². The van der Waals surface area contributed by atoms with E-state index in [0.29, 0.717) is 5.56 Å². The molecule has 19 heavy (non-hydrogen) atoms. The fourth-order valence-corrected chi connectivity index (χ4v) is 2.67. The lowest BCUT2D eigenvalue weighted by atomic mass is 9.96. The van der Waals surface area contributed by atoms with Crippen molar-refractivity contribution in [3.8, 4) is 6.07 Å². The average molecular weight is 260 g/mol. The molecule has 4 heteroatoms. The zero-order valence-corrected chi connectivity index (χ0v) is 11.2. The van der Waals surface area contributed by atoms with Gasteiger partial charge in [0.05, 0.1) is 17.7 Å². The number of benzene rings is 1. The van der Waals surface area contributed by atoms with Crippen LogP contribution in [0.25, 0.3) is 0 Å². The Hall–Kier alpha value is -1.57. The van der Waals surface area contributed by atoms with Crippen molar-refractivity contribution in [3.05, 3.63) is 29.3 Å². The number of nitriles is 1. The Morgan fingerprint density at radius 3 is 2.95 bits per heavy atom. The molecule has 0 spiro atoms. The fraction of sp³-hybridized carbons (Fsp3) is 0.533. The van der Waals surface area contributed by atoms with E-state index in [1.165, 1.54) is 0 Å². The second-order valence-corrected chi connectivity index (χ2v) is 5.20. The number of hydrogen-bond donors (Lipinski definition) is 2. The van der Waals surface area contributed by atoms with E-state index in [9.17, 15) is 10.2 Å². The van der Waals surface area contributed by atoms with Crippen LogP contribution in [0.5, 0.6) is 0 Å². The van der Waals surface area contributed by atoms with E-state index in [2.05, 4.69) is 11.0 Å². The van der Waals surface area contributed by atoms with Crippen LogP contribution in [-0.2, 0) is 0 Å². The van der Waals surface area contributed by atoms with Crippen LogP contribution in [0.1, 0.15) is 37.0 Å². The Morgan fingerprint density at radius 1 is 1.53 bits per heavy atom. The molecule has 1 aromatic carbocycles. The average Bonchev–Trinajstić information content (AvgIpc) is 2.46. The number of anilines is 1. The summed E-state index contributed by atoms with van der Waals surface area (Å²) in [6.45, 7) is 3.62. The van der Waals surface area contributed by atoms with Gasteiger partial charge in [0.15, 0.2) is 0 Å². The van der Waals surface area contributed by atoms with Crippen LogP contribution in [0.4, 0.5) is 5.69 Å². The molecular weight excluding hydrogens is 240 g/mol. The molecule has 4 nitrogen and oxygen atoms in total. The maximum absolute atomic E-state index is 9.86. The molecule has 1 heterocycles. The molecule has 2 rings (SSSR count). The van der Waals surface area contributed by atoms with Crippen molar-refractivity contribution < 1.29 is 10.2 Å². The summed E-state index contributed by atoms with van der Waals surface area (Å²) in [6, 6.07) is 7.53. The lowest BCUT2D eigenvalue weighted by molar-refractivity contribution is 0.197. The third-order valence-electron chi connectivity index (χ3n) is 3.73. The van der Waals surface area contributed by atoms with Gasteiger partial charge in [-0.05, 0) is 37.8 Å². The van der Waals surface area contributed by atoms with Gasteiger partial charge in [0.25, 0.3) is 0 Å². The van der Waals surface area contributed by atoms with Gasteiger partial charge < -0.3 is 15.1 Å². The van der Waals surface area contributed by atoms with Gasteiger partial charge >= 0.3 is 0 Å². The van der Waals surface area contributed by atoms with Crippen molar-refractivity contribution in [2.75, 3.05) is 24.6 Å². The molecule has 0 saturated carbocycles. The predicted octanol–water partition coefficient (Wildman–Crippen LogP) is 1.82. The molecule has 0 aliphatic carbocycles. The largest absolute Gasteiger partial charge is 0.396 e. The van der Waals surface area contributed by atoms with Gasteiger partial charge in [0, 0.05) is 30.9 Å². The summed E-state index contributed by atoms with van der Waals surface area (Å²) in [4.78, 5) is 2.17. The predicted molar refractivity (Wildman–Crippen MR) is 73.8 cm³/mol. The van der Waals surface area contributed by atoms with Crippen molar-refractivity contribution in [1.29, 1.82) is 5.26 Å². The van der Waals surface area contributed by atoms with E-state index in [1.807, 2.05) is 12.1 Å². The van der Waals surface area contributed by atoms with Gasteiger partial charge in [-0.25, -0.2) is 0 Å². The highest BCUT2D eigenvalue weighted by Crippen LogP contribution is 2.31. The van der Waals surface area contributed by atoms with Gasteiger partial charge in [-0.3, -0.25) is 0 Å². The lowest BCUT2D eigenvalue weighted by Gasteiger charge is -2.35. The molecule has 1 aromatic rings. The standard InChI is InChI=1S/C15H20N2O2/c1-11(19)14-5-4-12(8-16)7-15(14)17-6-2-3-13(9-17)10-18/h4-5,7,11,13,18-19H,2-3,6,9-10H2,1H3/t11-,13?/m1/s1. The molecule has 1 unspecified atom stereocenters. The highest BCUT2D eigenvalue weighted by Gasteiger charge is 2.22. The number of nitrogens with zero attached hydrogens (tertiary/aromatic N) is 2. The zero-order chi connectivity index (χ0) is 13.8. The van der Waals surface area contributed by atoms with E-state index in [-0.39, 0.29) is 12.5 Å². The van der Waals surface area contributed by atoms with Crippen LogP contribution in [0.2, 0.25) is 0 Å². The first-order valence-corrected chi connectivity index (χ1v) is 6.73. The minimum atomic E-state index is -0.558. The maximum Gasteiger partial charge on any atom is 0.0992 e. The van der Waals surface area contributed by atoms with Crippen molar-refractivity contribution in [1.82, 2.24) is 0 Å². The van der Waals surface area contributed by atoms with Crippen LogP contribution < -0.4 is 4.90 Å². The smallest absolute Gasteiger partial charge is 0.0992 e. The van der Waals surface area contributed by atoms with Crippen LogP contribution in [0.15, 0.2) is 18.2 Å². The Bertz CT molecular complexity index is 480.